The average Bonchev–Trinajstić information content (AvgIpc) is 2.99. The molecule has 2 rings (SSSR count). The molecule has 1 aliphatic rings. The molecule has 1 aromatic carbocycles. The molecule has 1 atom stereocenters. The quantitative estimate of drug-likeness (QED) is 0.796. The number of aliphatic hydroxyl groups is 1. The lowest BCUT2D eigenvalue weighted by atomic mass is 9.88. The van der Waals surface area contributed by atoms with E-state index in [1.54, 1.807) is 0 Å². The van der Waals surface area contributed by atoms with Crippen LogP contribution in [0, 0.1) is 5.41 Å². The average molecular weight is 277 g/mol. The van der Waals surface area contributed by atoms with E-state index < -0.39 is 0 Å². The van der Waals surface area contributed by atoms with Gasteiger partial charge in [0.25, 0.3) is 0 Å². The Labute approximate surface area is 122 Å². The first kappa shape index (κ1) is 15.2. The molecule has 3 heteroatoms. The van der Waals surface area contributed by atoms with Crippen molar-refractivity contribution in [3.8, 4) is 5.75 Å². The summed E-state index contributed by atoms with van der Waals surface area (Å²) in [7, 11) is 0. The van der Waals surface area contributed by atoms with Gasteiger partial charge in [-0.15, -0.1) is 0 Å². The summed E-state index contributed by atoms with van der Waals surface area (Å²) in [6.45, 7) is 5.19. The number of rotatable bonds is 7. The molecule has 2 N–H and O–H groups in total. The maximum atomic E-state index is 9.41. The highest BCUT2D eigenvalue weighted by molar-refractivity contribution is 5.46. The van der Waals surface area contributed by atoms with Gasteiger partial charge < -0.3 is 15.2 Å². The normalized spacial score (nSPS) is 18.8. The largest absolute Gasteiger partial charge is 0.490 e. The fraction of sp³-hybridized carbons (Fsp3) is 0.647. The monoisotopic (exact) mass is 277 g/mol. The van der Waals surface area contributed by atoms with Gasteiger partial charge in [-0.25, -0.2) is 0 Å². The number of hydrogen-bond donors (Lipinski definition) is 2. The molecule has 112 valence electrons. The van der Waals surface area contributed by atoms with Crippen LogP contribution < -0.4 is 10.1 Å². The van der Waals surface area contributed by atoms with E-state index in [4.69, 9.17) is 4.74 Å². The second-order valence-corrected chi connectivity index (χ2v) is 6.22. The molecule has 0 aromatic heterocycles. The van der Waals surface area contributed by atoms with E-state index in [0.29, 0.717) is 6.10 Å². The Kier molecular flexibility index (Phi) is 5.30. The third kappa shape index (κ3) is 4.14. The fourth-order valence-electron chi connectivity index (χ4n) is 2.46. The first-order chi connectivity index (χ1) is 9.65. The molecule has 0 heterocycles. The van der Waals surface area contributed by atoms with Gasteiger partial charge in [0.05, 0.1) is 12.7 Å². The van der Waals surface area contributed by atoms with Crippen molar-refractivity contribution >= 4 is 5.69 Å². The number of nitrogens with one attached hydrogen (secondary N) is 1. The maximum Gasteiger partial charge on any atom is 0.119 e. The number of benzene rings is 1. The van der Waals surface area contributed by atoms with E-state index in [9.17, 15) is 5.11 Å². The van der Waals surface area contributed by atoms with Gasteiger partial charge in [0, 0.05) is 17.6 Å². The fourth-order valence-corrected chi connectivity index (χ4v) is 2.46. The summed E-state index contributed by atoms with van der Waals surface area (Å²) in [5, 5.41) is 12.8. The zero-order valence-electron chi connectivity index (χ0n) is 12.7. The van der Waals surface area contributed by atoms with Crippen molar-refractivity contribution in [2.75, 3.05) is 18.5 Å². The van der Waals surface area contributed by atoms with Crippen LogP contribution in [-0.2, 0) is 0 Å². The second kappa shape index (κ2) is 6.98. The van der Waals surface area contributed by atoms with Gasteiger partial charge in [0.2, 0.25) is 0 Å². The summed E-state index contributed by atoms with van der Waals surface area (Å²) in [6.07, 6.45) is 6.32. The van der Waals surface area contributed by atoms with Crippen LogP contribution in [0.1, 0.15) is 46.0 Å². The number of aliphatic hydroxyl groups excluding tert-OH is 1. The lowest BCUT2D eigenvalue weighted by Gasteiger charge is -2.26. The minimum absolute atomic E-state index is 0.0565. The molecule has 1 saturated carbocycles. The smallest absolute Gasteiger partial charge is 0.119 e. The van der Waals surface area contributed by atoms with E-state index in [0.717, 1.165) is 24.4 Å². The van der Waals surface area contributed by atoms with Crippen LogP contribution in [0.25, 0.3) is 0 Å². The molecule has 20 heavy (non-hydrogen) atoms. The third-order valence-corrected chi connectivity index (χ3v) is 4.41. The van der Waals surface area contributed by atoms with E-state index in [2.05, 4.69) is 31.3 Å². The Bertz CT molecular complexity index is 392. The summed E-state index contributed by atoms with van der Waals surface area (Å²) in [6, 6.07) is 8.17. The van der Waals surface area contributed by atoms with Gasteiger partial charge >= 0.3 is 0 Å². The van der Waals surface area contributed by atoms with E-state index in [1.165, 1.54) is 25.7 Å². The molecule has 1 aliphatic carbocycles. The Hall–Kier alpha value is -1.22. The number of ether oxygens (including phenoxy) is 1. The summed E-state index contributed by atoms with van der Waals surface area (Å²) in [5.74, 6) is 0.961. The standard InChI is InChI=1S/C17H27NO2/c1-3-17(2,13-19)12-18-14-8-10-16(11-9-14)20-15-6-4-5-7-15/h8-11,15,18-19H,3-7,12-13H2,1-2H3. The summed E-state index contributed by atoms with van der Waals surface area (Å²) >= 11 is 0. The molecule has 1 fully saturated rings. The Morgan fingerprint density at radius 1 is 1.25 bits per heavy atom. The van der Waals surface area contributed by atoms with Crippen LogP contribution >= 0.6 is 0 Å². The Morgan fingerprint density at radius 3 is 2.45 bits per heavy atom. The van der Waals surface area contributed by atoms with E-state index in [-0.39, 0.29) is 12.0 Å². The summed E-state index contributed by atoms with van der Waals surface area (Å²) in [4.78, 5) is 0. The first-order valence-electron chi connectivity index (χ1n) is 7.77. The number of hydrogen-bond acceptors (Lipinski definition) is 3. The zero-order chi connectivity index (χ0) is 14.4. The van der Waals surface area contributed by atoms with Crippen LogP contribution in [0.15, 0.2) is 24.3 Å². The topological polar surface area (TPSA) is 41.5 Å². The van der Waals surface area contributed by atoms with Gasteiger partial charge in [0.15, 0.2) is 0 Å². The van der Waals surface area contributed by atoms with Gasteiger partial charge in [-0.3, -0.25) is 0 Å². The minimum Gasteiger partial charge on any atom is -0.490 e. The lowest BCUT2D eigenvalue weighted by Crippen LogP contribution is -2.29. The highest BCUT2D eigenvalue weighted by Gasteiger charge is 2.20. The van der Waals surface area contributed by atoms with Crippen molar-refractivity contribution in [1.29, 1.82) is 0 Å². The predicted molar refractivity (Wildman–Crippen MR) is 83.3 cm³/mol. The van der Waals surface area contributed by atoms with Crippen LogP contribution in [-0.4, -0.2) is 24.4 Å². The van der Waals surface area contributed by atoms with Crippen molar-refractivity contribution in [1.82, 2.24) is 0 Å². The van der Waals surface area contributed by atoms with Crippen molar-refractivity contribution in [3.05, 3.63) is 24.3 Å². The molecule has 0 radical (unpaired) electrons. The maximum absolute atomic E-state index is 9.41. The Balaban J connectivity index is 1.84. The molecule has 0 saturated heterocycles. The van der Waals surface area contributed by atoms with Gasteiger partial charge in [-0.2, -0.15) is 0 Å². The molecule has 3 nitrogen and oxygen atoms in total. The molecule has 1 aromatic rings. The van der Waals surface area contributed by atoms with Crippen molar-refractivity contribution < 1.29 is 9.84 Å². The van der Waals surface area contributed by atoms with Crippen LogP contribution in [0.3, 0.4) is 0 Å². The number of anilines is 1. The molecular formula is C17H27NO2. The summed E-state index contributed by atoms with van der Waals surface area (Å²) in [5.41, 5.74) is 1.02. The first-order valence-corrected chi connectivity index (χ1v) is 7.77. The molecular weight excluding hydrogens is 250 g/mol. The minimum atomic E-state index is -0.0565. The SMILES string of the molecule is CCC(C)(CO)CNc1ccc(OC2CCCC2)cc1. The van der Waals surface area contributed by atoms with Gasteiger partial charge in [0.1, 0.15) is 5.75 Å². The van der Waals surface area contributed by atoms with Crippen LogP contribution in [0.4, 0.5) is 5.69 Å². The van der Waals surface area contributed by atoms with Gasteiger partial charge in [-0.1, -0.05) is 13.8 Å². The predicted octanol–water partition coefficient (Wildman–Crippen LogP) is 3.83. The van der Waals surface area contributed by atoms with E-state index >= 15 is 0 Å². The molecule has 0 spiro atoms. The van der Waals surface area contributed by atoms with Crippen molar-refractivity contribution in [2.24, 2.45) is 5.41 Å². The van der Waals surface area contributed by atoms with E-state index in [1.807, 2.05) is 12.1 Å². The molecule has 1 unspecified atom stereocenters. The molecule has 0 amide bonds. The molecule has 0 aliphatic heterocycles. The molecule has 0 bridgehead atoms. The van der Waals surface area contributed by atoms with Crippen molar-refractivity contribution in [3.63, 3.8) is 0 Å². The highest BCUT2D eigenvalue weighted by Crippen LogP contribution is 2.26. The Morgan fingerprint density at radius 2 is 1.90 bits per heavy atom. The lowest BCUT2D eigenvalue weighted by molar-refractivity contribution is 0.149. The zero-order valence-corrected chi connectivity index (χ0v) is 12.7. The van der Waals surface area contributed by atoms with Crippen molar-refractivity contribution in [2.45, 2.75) is 52.1 Å². The summed E-state index contributed by atoms with van der Waals surface area (Å²) < 4.78 is 5.95. The van der Waals surface area contributed by atoms with Gasteiger partial charge in [-0.05, 0) is 56.4 Å². The van der Waals surface area contributed by atoms with Crippen LogP contribution in [0.5, 0.6) is 5.75 Å². The third-order valence-electron chi connectivity index (χ3n) is 4.41. The second-order valence-electron chi connectivity index (χ2n) is 6.22. The van der Waals surface area contributed by atoms with Crippen LogP contribution in [0.2, 0.25) is 0 Å². The highest BCUT2D eigenvalue weighted by atomic mass is 16.5.